The van der Waals surface area contributed by atoms with Crippen molar-refractivity contribution in [2.24, 2.45) is 5.14 Å². The molecule has 9 heteroatoms. The molecule has 0 aliphatic heterocycles. The van der Waals surface area contributed by atoms with E-state index in [9.17, 15) is 18.0 Å². The van der Waals surface area contributed by atoms with Crippen LogP contribution in [0.3, 0.4) is 0 Å². The van der Waals surface area contributed by atoms with Gasteiger partial charge in [0.2, 0.25) is 10.0 Å². The average Bonchev–Trinajstić information content (AvgIpc) is 2.58. The first kappa shape index (κ1) is 21.4. The van der Waals surface area contributed by atoms with Gasteiger partial charge in [0.1, 0.15) is 5.60 Å². The van der Waals surface area contributed by atoms with Crippen molar-refractivity contribution in [2.45, 2.75) is 37.8 Å². The Morgan fingerprint density at radius 1 is 1.00 bits per heavy atom. The number of amides is 2. The highest BCUT2D eigenvalue weighted by molar-refractivity contribution is 7.89. The largest absolute Gasteiger partial charge is 0.444 e. The molecule has 0 spiro atoms. The molecule has 28 heavy (non-hydrogen) atoms. The van der Waals surface area contributed by atoms with Crippen molar-refractivity contribution in [3.8, 4) is 0 Å². The molecule has 0 saturated carbocycles. The topological polar surface area (TPSA) is 128 Å². The predicted molar refractivity (Wildman–Crippen MR) is 105 cm³/mol. The maximum atomic E-state index is 12.2. The zero-order valence-electron chi connectivity index (χ0n) is 15.9. The quantitative estimate of drug-likeness (QED) is 0.704. The van der Waals surface area contributed by atoms with E-state index in [0.29, 0.717) is 11.3 Å². The van der Waals surface area contributed by atoms with Crippen LogP contribution in [0.5, 0.6) is 0 Å². The third-order valence-electron chi connectivity index (χ3n) is 3.50. The summed E-state index contributed by atoms with van der Waals surface area (Å²) in [4.78, 5) is 24.0. The molecule has 4 N–H and O–H groups in total. The number of rotatable bonds is 5. The van der Waals surface area contributed by atoms with Gasteiger partial charge in [-0.1, -0.05) is 12.1 Å². The Kier molecular flexibility index (Phi) is 6.42. The summed E-state index contributed by atoms with van der Waals surface area (Å²) in [6, 6.07) is 12.3. The molecule has 0 bridgehead atoms. The Balaban J connectivity index is 1.91. The van der Waals surface area contributed by atoms with Crippen LogP contribution in [0.15, 0.2) is 53.4 Å². The third kappa shape index (κ3) is 6.67. The minimum absolute atomic E-state index is 0.00986. The maximum absolute atomic E-state index is 12.2. The molecule has 2 amide bonds. The van der Waals surface area contributed by atoms with Crippen LogP contribution in [-0.2, 0) is 21.3 Å². The number of carbonyl (C=O) groups excluding carboxylic acids is 2. The molecule has 2 aromatic rings. The van der Waals surface area contributed by atoms with Crippen LogP contribution in [0.25, 0.3) is 0 Å². The molecule has 150 valence electrons. The van der Waals surface area contributed by atoms with Crippen LogP contribution >= 0.6 is 0 Å². The zero-order chi connectivity index (χ0) is 20.9. The number of ether oxygens (including phenoxy) is 1. The van der Waals surface area contributed by atoms with E-state index in [1.165, 1.54) is 12.1 Å². The van der Waals surface area contributed by atoms with Gasteiger partial charge in [-0.25, -0.2) is 18.4 Å². The molecule has 0 radical (unpaired) electrons. The summed E-state index contributed by atoms with van der Waals surface area (Å²) in [6.07, 6.45) is -0.576. The van der Waals surface area contributed by atoms with Crippen LogP contribution < -0.4 is 15.8 Å². The Morgan fingerprint density at radius 3 is 2.07 bits per heavy atom. The smallest absolute Gasteiger partial charge is 0.412 e. The van der Waals surface area contributed by atoms with Crippen LogP contribution in [-0.4, -0.2) is 26.0 Å². The van der Waals surface area contributed by atoms with Gasteiger partial charge in [-0.2, -0.15) is 0 Å². The molecule has 8 nitrogen and oxygen atoms in total. The van der Waals surface area contributed by atoms with Gasteiger partial charge in [0.25, 0.3) is 5.91 Å². The van der Waals surface area contributed by atoms with Gasteiger partial charge < -0.3 is 10.1 Å². The van der Waals surface area contributed by atoms with Crippen molar-refractivity contribution in [1.29, 1.82) is 0 Å². The monoisotopic (exact) mass is 405 g/mol. The minimum atomic E-state index is -3.74. The third-order valence-corrected chi connectivity index (χ3v) is 4.43. The first-order valence-electron chi connectivity index (χ1n) is 8.44. The van der Waals surface area contributed by atoms with Gasteiger partial charge in [0.15, 0.2) is 0 Å². The molecule has 0 aliphatic rings. The summed E-state index contributed by atoms with van der Waals surface area (Å²) in [6.45, 7) is 5.52. The van der Waals surface area contributed by atoms with Gasteiger partial charge in [-0.15, -0.1) is 0 Å². The second-order valence-corrected chi connectivity index (χ2v) is 8.64. The lowest BCUT2D eigenvalue weighted by Gasteiger charge is -2.19. The summed E-state index contributed by atoms with van der Waals surface area (Å²) in [7, 11) is -3.74. The van der Waals surface area contributed by atoms with E-state index in [2.05, 4.69) is 10.6 Å². The summed E-state index contributed by atoms with van der Waals surface area (Å²) in [5, 5.41) is 10.4. The normalized spacial score (nSPS) is 11.6. The zero-order valence-corrected chi connectivity index (χ0v) is 16.7. The minimum Gasteiger partial charge on any atom is -0.444 e. The number of hydrogen-bond donors (Lipinski definition) is 3. The van der Waals surface area contributed by atoms with Crippen molar-refractivity contribution < 1.29 is 22.7 Å². The molecule has 0 heterocycles. The Bertz CT molecular complexity index is 947. The van der Waals surface area contributed by atoms with Gasteiger partial charge in [-0.3, -0.25) is 10.1 Å². The van der Waals surface area contributed by atoms with Crippen molar-refractivity contribution in [2.75, 3.05) is 5.32 Å². The van der Waals surface area contributed by atoms with Crippen LogP contribution in [0, 0.1) is 0 Å². The summed E-state index contributed by atoms with van der Waals surface area (Å²) < 4.78 is 27.6. The Hall–Kier alpha value is -2.91. The highest BCUT2D eigenvalue weighted by Gasteiger charge is 2.16. The summed E-state index contributed by atoms with van der Waals surface area (Å²) in [5.41, 5.74) is 1.04. The Labute approximate surface area is 164 Å². The lowest BCUT2D eigenvalue weighted by molar-refractivity contribution is 0.0635. The molecular formula is C19H23N3O5S. The van der Waals surface area contributed by atoms with Crippen molar-refractivity contribution in [3.63, 3.8) is 0 Å². The first-order valence-corrected chi connectivity index (χ1v) is 9.99. The number of nitrogens with two attached hydrogens (primary N) is 1. The van der Waals surface area contributed by atoms with Crippen molar-refractivity contribution in [1.82, 2.24) is 5.32 Å². The number of carbonyl (C=O) groups is 2. The number of benzene rings is 2. The summed E-state index contributed by atoms with van der Waals surface area (Å²) in [5.74, 6) is -0.306. The number of nitrogens with one attached hydrogen (secondary N) is 2. The van der Waals surface area contributed by atoms with Crippen molar-refractivity contribution in [3.05, 3.63) is 59.7 Å². The van der Waals surface area contributed by atoms with Crippen LogP contribution in [0.1, 0.15) is 36.7 Å². The van der Waals surface area contributed by atoms with E-state index >= 15 is 0 Å². The predicted octanol–water partition coefficient (Wildman–Crippen LogP) is 2.61. The van der Waals surface area contributed by atoms with E-state index in [-0.39, 0.29) is 17.3 Å². The molecule has 0 aromatic heterocycles. The molecule has 0 atom stereocenters. The molecule has 0 aliphatic carbocycles. The number of hydrogen-bond acceptors (Lipinski definition) is 5. The second kappa shape index (κ2) is 8.41. The second-order valence-electron chi connectivity index (χ2n) is 7.08. The first-order chi connectivity index (χ1) is 12.9. The molecule has 0 saturated heterocycles. The van der Waals surface area contributed by atoms with Crippen LogP contribution in [0.2, 0.25) is 0 Å². The fourth-order valence-electron chi connectivity index (χ4n) is 2.21. The average molecular weight is 405 g/mol. The molecule has 0 unspecified atom stereocenters. The van der Waals surface area contributed by atoms with Crippen LogP contribution in [0.4, 0.5) is 10.5 Å². The van der Waals surface area contributed by atoms with Crippen molar-refractivity contribution >= 4 is 27.7 Å². The highest BCUT2D eigenvalue weighted by atomic mass is 32.2. The molecule has 0 fully saturated rings. The molecular weight excluding hydrogens is 382 g/mol. The van der Waals surface area contributed by atoms with E-state index in [4.69, 9.17) is 9.88 Å². The van der Waals surface area contributed by atoms with E-state index in [1.807, 2.05) is 0 Å². The Morgan fingerprint density at radius 2 is 1.57 bits per heavy atom. The highest BCUT2D eigenvalue weighted by Crippen LogP contribution is 2.13. The molecule has 2 rings (SSSR count). The van der Waals surface area contributed by atoms with E-state index in [1.54, 1.807) is 57.2 Å². The fourth-order valence-corrected chi connectivity index (χ4v) is 2.72. The standard InChI is InChI=1S/C19H23N3O5S/c1-19(2,3)27-18(24)22-15-8-6-14(7-9-15)17(23)21-12-13-4-10-16(11-5-13)28(20,25)26/h4-11H,12H2,1-3H3,(H,21,23)(H,22,24)(H2,20,25,26). The maximum Gasteiger partial charge on any atom is 0.412 e. The van der Waals surface area contributed by atoms with Gasteiger partial charge >= 0.3 is 6.09 Å². The number of primary sulfonamides is 1. The fraction of sp³-hybridized carbons (Fsp3) is 0.263. The number of anilines is 1. The lowest BCUT2D eigenvalue weighted by atomic mass is 10.1. The lowest BCUT2D eigenvalue weighted by Crippen LogP contribution is -2.27. The summed E-state index contributed by atoms with van der Waals surface area (Å²) >= 11 is 0. The SMILES string of the molecule is CC(C)(C)OC(=O)Nc1ccc(C(=O)NCc2ccc(S(N)(=O)=O)cc2)cc1. The number of sulfonamides is 1. The van der Waals surface area contributed by atoms with Gasteiger partial charge in [0.05, 0.1) is 4.90 Å². The molecule has 2 aromatic carbocycles. The van der Waals surface area contributed by atoms with E-state index < -0.39 is 21.7 Å². The van der Waals surface area contributed by atoms with E-state index in [0.717, 1.165) is 5.56 Å². The van der Waals surface area contributed by atoms with Gasteiger partial charge in [-0.05, 0) is 62.7 Å². The van der Waals surface area contributed by atoms with Gasteiger partial charge in [0, 0.05) is 17.8 Å².